The quantitative estimate of drug-likeness (QED) is 0.752. The maximum absolute atomic E-state index is 11.8. The molecule has 3 N–H and O–H groups in total. The molecule has 2 heterocycles. The third-order valence-corrected chi connectivity index (χ3v) is 3.69. The van der Waals surface area contributed by atoms with Crippen LogP contribution in [0.1, 0.15) is 29.4 Å². The van der Waals surface area contributed by atoms with Crippen molar-refractivity contribution in [3.63, 3.8) is 0 Å². The summed E-state index contributed by atoms with van der Waals surface area (Å²) in [5.74, 6) is -1.44. The Morgan fingerprint density at radius 1 is 1.25 bits per heavy atom. The fourth-order valence-corrected chi connectivity index (χ4v) is 2.62. The number of carbonyl (C=O) groups excluding carboxylic acids is 1. The number of aryl methyl sites for hydroxylation is 1. The van der Waals surface area contributed by atoms with Crippen LogP contribution in [0.25, 0.3) is 11.0 Å². The van der Waals surface area contributed by atoms with Gasteiger partial charge in [0.2, 0.25) is 17.1 Å². The number of fused-ring (bicyclic) bond motifs is 1. The van der Waals surface area contributed by atoms with Gasteiger partial charge in [-0.15, -0.1) is 0 Å². The van der Waals surface area contributed by atoms with Crippen LogP contribution in [0, 0.1) is 6.92 Å². The van der Waals surface area contributed by atoms with Crippen LogP contribution in [-0.2, 0) is 4.79 Å². The van der Waals surface area contributed by atoms with E-state index in [4.69, 9.17) is 10.2 Å². The molecule has 3 rings (SSSR count). The topological polar surface area (TPSA) is 119 Å². The van der Waals surface area contributed by atoms with Gasteiger partial charge in [-0.05, 0) is 24.6 Å². The molecule has 24 heavy (non-hydrogen) atoms. The third-order valence-electron chi connectivity index (χ3n) is 3.69. The Bertz CT molecular complexity index is 981. The van der Waals surface area contributed by atoms with E-state index < -0.39 is 23.0 Å². The van der Waals surface area contributed by atoms with Crippen LogP contribution in [0.2, 0.25) is 0 Å². The molecular weight excluding hydrogens is 310 g/mol. The van der Waals surface area contributed by atoms with E-state index in [-0.39, 0.29) is 12.2 Å². The van der Waals surface area contributed by atoms with Gasteiger partial charge in [0.25, 0.3) is 0 Å². The Labute approximate surface area is 136 Å². The second-order valence-corrected chi connectivity index (χ2v) is 5.46. The summed E-state index contributed by atoms with van der Waals surface area (Å²) in [6.45, 7) is 1.59. The number of primary amides is 1. The standard InChI is InChI=1S/C17H15N3O4/c1-9-6-14(21)16(23)17(24-9)11(8-15(18)22)10-2-3-12-13(7-10)20-5-4-19-12/h2-7,11,23H,8H2,1H3,(H2,18,22). The molecule has 1 unspecified atom stereocenters. The van der Waals surface area contributed by atoms with Gasteiger partial charge in [0.15, 0.2) is 5.76 Å². The van der Waals surface area contributed by atoms with Crippen molar-refractivity contribution in [1.29, 1.82) is 0 Å². The van der Waals surface area contributed by atoms with Crippen LogP contribution in [0.4, 0.5) is 0 Å². The molecule has 1 aromatic carbocycles. The monoisotopic (exact) mass is 325 g/mol. The zero-order valence-corrected chi connectivity index (χ0v) is 12.9. The van der Waals surface area contributed by atoms with Crippen molar-refractivity contribution in [3.8, 4) is 5.75 Å². The van der Waals surface area contributed by atoms with Gasteiger partial charge in [-0.1, -0.05) is 6.07 Å². The molecule has 0 saturated heterocycles. The van der Waals surface area contributed by atoms with E-state index in [2.05, 4.69) is 9.97 Å². The second kappa shape index (κ2) is 6.11. The minimum absolute atomic E-state index is 0.0158. The van der Waals surface area contributed by atoms with Crippen LogP contribution in [0.15, 0.2) is 45.9 Å². The smallest absolute Gasteiger partial charge is 0.227 e. The lowest BCUT2D eigenvalue weighted by Crippen LogP contribution is -2.18. The molecule has 7 nitrogen and oxygen atoms in total. The third kappa shape index (κ3) is 2.96. The van der Waals surface area contributed by atoms with E-state index in [1.807, 2.05) is 0 Å². The lowest BCUT2D eigenvalue weighted by molar-refractivity contribution is -0.118. The van der Waals surface area contributed by atoms with Gasteiger partial charge >= 0.3 is 0 Å². The molecule has 0 saturated carbocycles. The van der Waals surface area contributed by atoms with Crippen molar-refractivity contribution in [2.24, 2.45) is 5.73 Å². The first-order chi connectivity index (χ1) is 11.5. The van der Waals surface area contributed by atoms with E-state index in [0.717, 1.165) is 0 Å². The van der Waals surface area contributed by atoms with Gasteiger partial charge in [0.1, 0.15) is 5.76 Å². The fourth-order valence-electron chi connectivity index (χ4n) is 2.62. The number of hydrogen-bond acceptors (Lipinski definition) is 6. The van der Waals surface area contributed by atoms with Gasteiger partial charge in [-0.3, -0.25) is 19.6 Å². The number of nitrogens with two attached hydrogens (primary N) is 1. The summed E-state index contributed by atoms with van der Waals surface area (Å²) in [5, 5.41) is 10.1. The van der Waals surface area contributed by atoms with E-state index in [1.54, 1.807) is 37.5 Å². The average Bonchev–Trinajstić information content (AvgIpc) is 2.55. The number of benzene rings is 1. The van der Waals surface area contributed by atoms with E-state index >= 15 is 0 Å². The highest BCUT2D eigenvalue weighted by atomic mass is 16.4. The molecular formula is C17H15N3O4. The van der Waals surface area contributed by atoms with Crippen LogP contribution < -0.4 is 11.2 Å². The minimum atomic E-state index is -0.693. The molecule has 0 aliphatic carbocycles. The number of nitrogens with zero attached hydrogens (tertiary/aromatic N) is 2. The van der Waals surface area contributed by atoms with Crippen LogP contribution in [-0.4, -0.2) is 21.0 Å². The van der Waals surface area contributed by atoms with Crippen LogP contribution in [0.3, 0.4) is 0 Å². The van der Waals surface area contributed by atoms with Crippen LogP contribution >= 0.6 is 0 Å². The van der Waals surface area contributed by atoms with Gasteiger partial charge in [-0.2, -0.15) is 0 Å². The van der Waals surface area contributed by atoms with Gasteiger partial charge < -0.3 is 15.3 Å². The van der Waals surface area contributed by atoms with Crippen molar-refractivity contribution < 1.29 is 14.3 Å². The Morgan fingerprint density at radius 3 is 2.67 bits per heavy atom. The number of amides is 1. The normalized spacial score (nSPS) is 12.2. The molecule has 7 heteroatoms. The van der Waals surface area contributed by atoms with Crippen molar-refractivity contribution in [2.45, 2.75) is 19.3 Å². The Morgan fingerprint density at radius 2 is 1.96 bits per heavy atom. The van der Waals surface area contributed by atoms with E-state index in [1.165, 1.54) is 6.07 Å². The highest BCUT2D eigenvalue weighted by molar-refractivity contribution is 5.77. The molecule has 0 spiro atoms. The summed E-state index contributed by atoms with van der Waals surface area (Å²) >= 11 is 0. The highest BCUT2D eigenvalue weighted by Gasteiger charge is 2.25. The lowest BCUT2D eigenvalue weighted by atomic mass is 9.91. The lowest BCUT2D eigenvalue weighted by Gasteiger charge is -2.16. The fraction of sp³-hybridized carbons (Fsp3) is 0.176. The molecule has 0 fully saturated rings. The summed E-state index contributed by atoms with van der Waals surface area (Å²) in [7, 11) is 0. The van der Waals surface area contributed by atoms with E-state index in [0.29, 0.717) is 22.4 Å². The largest absolute Gasteiger partial charge is 0.502 e. The van der Waals surface area contributed by atoms with Crippen molar-refractivity contribution in [3.05, 3.63) is 64.0 Å². The van der Waals surface area contributed by atoms with E-state index in [9.17, 15) is 14.7 Å². The summed E-state index contributed by atoms with van der Waals surface area (Å²) in [5.41, 5.74) is 6.73. The number of aromatic hydroxyl groups is 1. The Kier molecular flexibility index (Phi) is 3.99. The first-order valence-electron chi connectivity index (χ1n) is 7.28. The summed E-state index contributed by atoms with van der Waals surface area (Å²) in [4.78, 5) is 31.7. The zero-order chi connectivity index (χ0) is 17.3. The molecule has 0 radical (unpaired) electrons. The molecule has 3 aromatic rings. The predicted molar refractivity (Wildman–Crippen MR) is 86.6 cm³/mol. The average molecular weight is 325 g/mol. The van der Waals surface area contributed by atoms with Gasteiger partial charge in [0.05, 0.1) is 17.0 Å². The molecule has 122 valence electrons. The van der Waals surface area contributed by atoms with Crippen LogP contribution in [0.5, 0.6) is 5.75 Å². The minimum Gasteiger partial charge on any atom is -0.502 e. The summed E-state index contributed by atoms with van der Waals surface area (Å²) in [6.07, 6.45) is 3.01. The number of aromatic nitrogens is 2. The number of rotatable bonds is 4. The van der Waals surface area contributed by atoms with Crippen molar-refractivity contribution in [2.75, 3.05) is 0 Å². The maximum Gasteiger partial charge on any atom is 0.227 e. The van der Waals surface area contributed by atoms with Gasteiger partial charge in [0, 0.05) is 24.9 Å². The molecule has 0 aliphatic heterocycles. The molecule has 1 amide bonds. The first kappa shape index (κ1) is 15.7. The predicted octanol–water partition coefficient (Wildman–Crippen LogP) is 1.60. The van der Waals surface area contributed by atoms with Crippen molar-refractivity contribution in [1.82, 2.24) is 9.97 Å². The second-order valence-electron chi connectivity index (χ2n) is 5.46. The van der Waals surface area contributed by atoms with Gasteiger partial charge in [-0.25, -0.2) is 0 Å². The first-order valence-corrected chi connectivity index (χ1v) is 7.28. The molecule has 2 aromatic heterocycles. The highest BCUT2D eigenvalue weighted by Crippen LogP contribution is 2.33. The summed E-state index contributed by atoms with van der Waals surface area (Å²) < 4.78 is 5.52. The molecule has 0 aliphatic rings. The Hall–Kier alpha value is -3.22. The maximum atomic E-state index is 11.8. The van der Waals surface area contributed by atoms with Crippen molar-refractivity contribution >= 4 is 16.9 Å². The number of carbonyl (C=O) groups is 1. The number of hydrogen-bond donors (Lipinski definition) is 2. The molecule has 0 bridgehead atoms. The Balaban J connectivity index is 2.19. The SMILES string of the molecule is Cc1cc(=O)c(O)c(C(CC(N)=O)c2ccc3nccnc3c2)o1. The zero-order valence-electron chi connectivity index (χ0n) is 12.9. The molecule has 1 atom stereocenters. The summed E-state index contributed by atoms with van der Waals surface area (Å²) in [6, 6.07) is 6.41.